The molecular weight excluding hydrogens is 364 g/mol. The maximum absolute atomic E-state index is 12.6. The SMILES string of the molecule is Cc1cccc(N2CCN(C(=O)Nc3ccc(C(=O)N4CCCC4)cc3)CC2)c1. The smallest absolute Gasteiger partial charge is 0.321 e. The summed E-state index contributed by atoms with van der Waals surface area (Å²) in [6.07, 6.45) is 2.16. The van der Waals surface area contributed by atoms with E-state index in [0.29, 0.717) is 24.3 Å². The molecule has 0 aliphatic carbocycles. The standard InChI is InChI=1S/C23H28N4O2/c1-18-5-4-6-21(17-18)25-13-15-27(16-14-25)23(29)24-20-9-7-19(8-10-20)22(28)26-11-2-3-12-26/h4-10,17H,2-3,11-16H2,1H3,(H,24,29). The van der Waals surface area contributed by atoms with E-state index < -0.39 is 0 Å². The average Bonchev–Trinajstić information content (AvgIpc) is 3.29. The van der Waals surface area contributed by atoms with Crippen molar-refractivity contribution in [3.63, 3.8) is 0 Å². The number of nitrogens with one attached hydrogen (secondary N) is 1. The van der Waals surface area contributed by atoms with Gasteiger partial charge in [0, 0.05) is 56.2 Å². The molecule has 2 heterocycles. The van der Waals surface area contributed by atoms with Gasteiger partial charge in [0.25, 0.3) is 5.91 Å². The first-order valence-corrected chi connectivity index (χ1v) is 10.4. The van der Waals surface area contributed by atoms with Crippen LogP contribution >= 0.6 is 0 Å². The summed E-state index contributed by atoms with van der Waals surface area (Å²) in [6, 6.07) is 15.6. The second-order valence-corrected chi connectivity index (χ2v) is 7.82. The molecule has 0 spiro atoms. The quantitative estimate of drug-likeness (QED) is 0.869. The number of hydrogen-bond acceptors (Lipinski definition) is 3. The third kappa shape index (κ3) is 4.53. The van der Waals surface area contributed by atoms with Gasteiger partial charge in [0.2, 0.25) is 0 Å². The molecule has 2 aliphatic rings. The Bertz CT molecular complexity index is 867. The summed E-state index contributed by atoms with van der Waals surface area (Å²) in [4.78, 5) is 31.1. The molecule has 0 radical (unpaired) electrons. The Balaban J connectivity index is 1.30. The highest BCUT2D eigenvalue weighted by Gasteiger charge is 2.22. The number of rotatable bonds is 3. The minimum absolute atomic E-state index is 0.0765. The lowest BCUT2D eigenvalue weighted by molar-refractivity contribution is 0.0793. The van der Waals surface area contributed by atoms with Crippen LogP contribution in [0.4, 0.5) is 16.2 Å². The van der Waals surface area contributed by atoms with Crippen LogP contribution in [0, 0.1) is 6.92 Å². The predicted octanol–water partition coefficient (Wildman–Crippen LogP) is 3.59. The third-order valence-electron chi connectivity index (χ3n) is 5.71. The molecular formula is C23H28N4O2. The van der Waals surface area contributed by atoms with Crippen molar-refractivity contribution >= 4 is 23.3 Å². The minimum atomic E-state index is -0.0903. The molecule has 1 N–H and O–H groups in total. The van der Waals surface area contributed by atoms with Crippen LogP contribution in [0.3, 0.4) is 0 Å². The van der Waals surface area contributed by atoms with Crippen LogP contribution in [0.1, 0.15) is 28.8 Å². The van der Waals surface area contributed by atoms with Crippen molar-refractivity contribution in [2.24, 2.45) is 0 Å². The van der Waals surface area contributed by atoms with E-state index in [-0.39, 0.29) is 11.9 Å². The Morgan fingerprint density at radius 1 is 0.828 bits per heavy atom. The van der Waals surface area contributed by atoms with E-state index in [9.17, 15) is 9.59 Å². The molecule has 2 aromatic carbocycles. The van der Waals surface area contributed by atoms with Crippen LogP contribution < -0.4 is 10.2 Å². The van der Waals surface area contributed by atoms with Crippen molar-refractivity contribution in [2.75, 3.05) is 49.5 Å². The maximum Gasteiger partial charge on any atom is 0.321 e. The fraction of sp³-hybridized carbons (Fsp3) is 0.391. The van der Waals surface area contributed by atoms with Crippen LogP contribution in [0.15, 0.2) is 48.5 Å². The number of aryl methyl sites for hydroxylation is 1. The topological polar surface area (TPSA) is 55.9 Å². The van der Waals surface area contributed by atoms with Gasteiger partial charge < -0.3 is 20.0 Å². The van der Waals surface area contributed by atoms with E-state index in [2.05, 4.69) is 41.4 Å². The van der Waals surface area contributed by atoms with E-state index in [4.69, 9.17) is 0 Å². The molecule has 0 aromatic heterocycles. The number of carbonyl (C=O) groups excluding carboxylic acids is 2. The van der Waals surface area contributed by atoms with Crippen LogP contribution in [-0.2, 0) is 0 Å². The van der Waals surface area contributed by atoms with Gasteiger partial charge in [-0.15, -0.1) is 0 Å². The molecule has 2 aliphatic heterocycles. The summed E-state index contributed by atoms with van der Waals surface area (Å²) in [6.45, 7) is 6.78. The molecule has 152 valence electrons. The van der Waals surface area contributed by atoms with Gasteiger partial charge in [-0.3, -0.25) is 4.79 Å². The summed E-state index contributed by atoms with van der Waals surface area (Å²) >= 11 is 0. The highest BCUT2D eigenvalue weighted by Crippen LogP contribution is 2.19. The highest BCUT2D eigenvalue weighted by molar-refractivity contribution is 5.95. The Kier molecular flexibility index (Phi) is 5.69. The molecule has 6 heteroatoms. The van der Waals surface area contributed by atoms with Gasteiger partial charge >= 0.3 is 6.03 Å². The van der Waals surface area contributed by atoms with Gasteiger partial charge in [-0.05, 0) is 61.7 Å². The monoisotopic (exact) mass is 392 g/mol. The minimum Gasteiger partial charge on any atom is -0.368 e. The van der Waals surface area contributed by atoms with Crippen molar-refractivity contribution < 1.29 is 9.59 Å². The molecule has 0 atom stereocenters. The normalized spacial score (nSPS) is 16.8. The van der Waals surface area contributed by atoms with E-state index in [1.807, 2.05) is 21.9 Å². The third-order valence-corrected chi connectivity index (χ3v) is 5.71. The van der Waals surface area contributed by atoms with Gasteiger partial charge in [-0.2, -0.15) is 0 Å². The second kappa shape index (κ2) is 8.55. The lowest BCUT2D eigenvalue weighted by Gasteiger charge is -2.36. The zero-order valence-corrected chi connectivity index (χ0v) is 16.9. The largest absolute Gasteiger partial charge is 0.368 e. The van der Waals surface area contributed by atoms with Crippen LogP contribution in [0.5, 0.6) is 0 Å². The number of amides is 3. The van der Waals surface area contributed by atoms with Gasteiger partial charge in [0.05, 0.1) is 0 Å². The first kappa shape index (κ1) is 19.3. The summed E-state index contributed by atoms with van der Waals surface area (Å²) < 4.78 is 0. The van der Waals surface area contributed by atoms with Crippen molar-refractivity contribution in [2.45, 2.75) is 19.8 Å². The first-order valence-electron chi connectivity index (χ1n) is 10.4. The number of carbonyl (C=O) groups is 2. The summed E-state index contributed by atoms with van der Waals surface area (Å²) in [5.41, 5.74) is 3.85. The molecule has 0 bridgehead atoms. The van der Waals surface area contributed by atoms with E-state index in [1.54, 1.807) is 12.1 Å². The number of urea groups is 1. The first-order chi connectivity index (χ1) is 14.1. The van der Waals surface area contributed by atoms with E-state index in [1.165, 1.54) is 11.3 Å². The van der Waals surface area contributed by atoms with E-state index >= 15 is 0 Å². The Morgan fingerprint density at radius 3 is 2.17 bits per heavy atom. The lowest BCUT2D eigenvalue weighted by Crippen LogP contribution is -2.50. The number of piperazine rings is 1. The molecule has 2 aromatic rings. The Labute approximate surface area is 172 Å². The summed E-state index contributed by atoms with van der Waals surface area (Å²) in [7, 11) is 0. The molecule has 6 nitrogen and oxygen atoms in total. The summed E-state index contributed by atoms with van der Waals surface area (Å²) in [5, 5.41) is 2.95. The molecule has 4 rings (SSSR count). The maximum atomic E-state index is 12.6. The fourth-order valence-corrected chi connectivity index (χ4v) is 3.99. The zero-order chi connectivity index (χ0) is 20.2. The zero-order valence-electron chi connectivity index (χ0n) is 16.9. The van der Waals surface area contributed by atoms with E-state index in [0.717, 1.165) is 39.0 Å². The fourth-order valence-electron chi connectivity index (χ4n) is 3.99. The van der Waals surface area contributed by atoms with Crippen LogP contribution in [0.25, 0.3) is 0 Å². The van der Waals surface area contributed by atoms with Crippen molar-refractivity contribution in [1.29, 1.82) is 0 Å². The second-order valence-electron chi connectivity index (χ2n) is 7.82. The number of hydrogen-bond donors (Lipinski definition) is 1. The molecule has 0 unspecified atom stereocenters. The highest BCUT2D eigenvalue weighted by atomic mass is 16.2. The van der Waals surface area contributed by atoms with Gasteiger partial charge in [-0.1, -0.05) is 12.1 Å². The number of nitrogens with zero attached hydrogens (tertiary/aromatic N) is 3. The van der Waals surface area contributed by atoms with Crippen molar-refractivity contribution in [3.05, 3.63) is 59.7 Å². The van der Waals surface area contributed by atoms with Crippen LogP contribution in [0.2, 0.25) is 0 Å². The van der Waals surface area contributed by atoms with Gasteiger partial charge in [0.1, 0.15) is 0 Å². The Morgan fingerprint density at radius 2 is 1.52 bits per heavy atom. The molecule has 2 fully saturated rings. The molecule has 3 amide bonds. The molecule has 29 heavy (non-hydrogen) atoms. The van der Waals surface area contributed by atoms with Crippen LogP contribution in [-0.4, -0.2) is 61.0 Å². The number of anilines is 2. The van der Waals surface area contributed by atoms with Gasteiger partial charge in [0.15, 0.2) is 0 Å². The summed E-state index contributed by atoms with van der Waals surface area (Å²) in [5.74, 6) is 0.0765. The number of benzene rings is 2. The molecule has 0 saturated carbocycles. The predicted molar refractivity (Wildman–Crippen MR) is 116 cm³/mol. The van der Waals surface area contributed by atoms with Crippen molar-refractivity contribution in [3.8, 4) is 0 Å². The number of likely N-dealkylation sites (tertiary alicyclic amines) is 1. The average molecular weight is 393 g/mol. The molecule has 2 saturated heterocycles. The lowest BCUT2D eigenvalue weighted by atomic mass is 10.2. The van der Waals surface area contributed by atoms with Crippen molar-refractivity contribution in [1.82, 2.24) is 9.80 Å². The Hall–Kier alpha value is -3.02. The van der Waals surface area contributed by atoms with Gasteiger partial charge in [-0.25, -0.2) is 4.79 Å².